The molecular formula is C17H20N2O4S2. The summed E-state index contributed by atoms with van der Waals surface area (Å²) in [6, 6.07) is 13.0. The molecule has 0 saturated carbocycles. The molecule has 0 aromatic heterocycles. The maximum absolute atomic E-state index is 12.3. The number of nitrogens with two attached hydrogens (primary N) is 1. The largest absolute Gasteiger partial charge is 0.352 e. The number of sulfonamides is 1. The summed E-state index contributed by atoms with van der Waals surface area (Å²) in [5.41, 5.74) is 1.28. The minimum Gasteiger partial charge on any atom is -0.352 e. The van der Waals surface area contributed by atoms with Crippen LogP contribution in [0.15, 0.2) is 58.3 Å². The molecule has 1 atom stereocenters. The van der Waals surface area contributed by atoms with Crippen molar-refractivity contribution in [1.82, 2.24) is 5.32 Å². The molecule has 3 N–H and O–H groups in total. The fraction of sp³-hybridized carbons (Fsp3) is 0.235. The van der Waals surface area contributed by atoms with Crippen LogP contribution in [-0.4, -0.2) is 30.8 Å². The molecule has 0 aliphatic rings. The number of hydrogen-bond acceptors (Lipinski definition) is 4. The first kappa shape index (κ1) is 19.3. The second-order valence-corrected chi connectivity index (χ2v) is 8.59. The molecule has 8 heteroatoms. The lowest BCUT2D eigenvalue weighted by Crippen LogP contribution is -2.27. The highest BCUT2D eigenvalue weighted by molar-refractivity contribution is 7.89. The molecule has 0 spiro atoms. The first-order chi connectivity index (χ1) is 11.8. The Bertz CT molecular complexity index is 878. The van der Waals surface area contributed by atoms with Gasteiger partial charge >= 0.3 is 0 Å². The SMILES string of the molecule is CC[S@@](=O)c1ccccc1C(=O)NCCc1ccc(S(N)(=O)=O)cc1. The summed E-state index contributed by atoms with van der Waals surface area (Å²) in [7, 11) is -4.91. The van der Waals surface area contributed by atoms with E-state index in [9.17, 15) is 17.4 Å². The molecule has 0 fully saturated rings. The van der Waals surface area contributed by atoms with Crippen LogP contribution in [0.4, 0.5) is 0 Å². The van der Waals surface area contributed by atoms with Gasteiger partial charge in [-0.3, -0.25) is 9.00 Å². The molecule has 0 bridgehead atoms. The van der Waals surface area contributed by atoms with Crippen molar-refractivity contribution in [2.24, 2.45) is 5.14 Å². The van der Waals surface area contributed by atoms with Gasteiger partial charge in [-0.05, 0) is 36.2 Å². The number of benzene rings is 2. The number of rotatable bonds is 7. The average Bonchev–Trinajstić information content (AvgIpc) is 2.60. The summed E-state index contributed by atoms with van der Waals surface area (Å²) in [5.74, 6) is 0.166. The van der Waals surface area contributed by atoms with E-state index in [1.807, 2.05) is 0 Å². The predicted octanol–water partition coefficient (Wildman–Crippen LogP) is 1.43. The van der Waals surface area contributed by atoms with E-state index in [2.05, 4.69) is 5.32 Å². The van der Waals surface area contributed by atoms with Gasteiger partial charge in [0.25, 0.3) is 5.91 Å². The topological polar surface area (TPSA) is 106 Å². The van der Waals surface area contributed by atoms with Crippen molar-refractivity contribution >= 4 is 26.7 Å². The van der Waals surface area contributed by atoms with E-state index < -0.39 is 20.8 Å². The Labute approximate surface area is 149 Å². The van der Waals surface area contributed by atoms with Gasteiger partial charge in [0.2, 0.25) is 10.0 Å². The average molecular weight is 380 g/mol. The Morgan fingerprint density at radius 2 is 1.76 bits per heavy atom. The van der Waals surface area contributed by atoms with Crippen molar-refractivity contribution < 1.29 is 17.4 Å². The van der Waals surface area contributed by atoms with E-state index in [1.165, 1.54) is 12.1 Å². The number of carbonyl (C=O) groups is 1. The summed E-state index contributed by atoms with van der Waals surface area (Å²) in [4.78, 5) is 12.9. The molecule has 134 valence electrons. The molecule has 0 aliphatic heterocycles. The van der Waals surface area contributed by atoms with Gasteiger partial charge in [-0.2, -0.15) is 0 Å². The zero-order chi connectivity index (χ0) is 18.4. The lowest BCUT2D eigenvalue weighted by molar-refractivity contribution is 0.0951. The minimum atomic E-state index is -3.70. The smallest absolute Gasteiger partial charge is 0.252 e. The number of nitrogens with one attached hydrogen (secondary N) is 1. The van der Waals surface area contributed by atoms with Gasteiger partial charge in [-0.25, -0.2) is 13.6 Å². The first-order valence-corrected chi connectivity index (χ1v) is 10.6. The van der Waals surface area contributed by atoms with Crippen LogP contribution in [0.25, 0.3) is 0 Å². The van der Waals surface area contributed by atoms with Crippen LogP contribution in [0.2, 0.25) is 0 Å². The molecule has 1 amide bonds. The van der Waals surface area contributed by atoms with Crippen LogP contribution in [0, 0.1) is 0 Å². The third kappa shape index (κ3) is 5.22. The first-order valence-electron chi connectivity index (χ1n) is 7.70. The normalized spacial score (nSPS) is 12.6. The van der Waals surface area contributed by atoms with Crippen LogP contribution < -0.4 is 10.5 Å². The number of hydrogen-bond donors (Lipinski definition) is 2. The highest BCUT2D eigenvalue weighted by Crippen LogP contribution is 2.14. The van der Waals surface area contributed by atoms with Gasteiger partial charge in [0.15, 0.2) is 0 Å². The van der Waals surface area contributed by atoms with Crippen molar-refractivity contribution in [3.05, 3.63) is 59.7 Å². The van der Waals surface area contributed by atoms with Gasteiger partial charge < -0.3 is 5.32 Å². The zero-order valence-electron chi connectivity index (χ0n) is 13.8. The molecule has 6 nitrogen and oxygen atoms in total. The van der Waals surface area contributed by atoms with Crippen molar-refractivity contribution in [1.29, 1.82) is 0 Å². The van der Waals surface area contributed by atoms with Gasteiger partial charge in [0, 0.05) is 12.3 Å². The predicted molar refractivity (Wildman–Crippen MR) is 97.2 cm³/mol. The highest BCUT2D eigenvalue weighted by Gasteiger charge is 2.14. The third-order valence-electron chi connectivity index (χ3n) is 3.59. The second kappa shape index (κ2) is 8.37. The monoisotopic (exact) mass is 380 g/mol. The molecule has 0 saturated heterocycles. The van der Waals surface area contributed by atoms with Gasteiger partial charge in [-0.15, -0.1) is 0 Å². The molecule has 0 unspecified atom stereocenters. The molecule has 25 heavy (non-hydrogen) atoms. The van der Waals surface area contributed by atoms with Crippen LogP contribution in [0.1, 0.15) is 22.8 Å². The molecule has 2 aromatic rings. The summed E-state index contributed by atoms with van der Waals surface area (Å²) in [6.07, 6.45) is 0.537. The van der Waals surface area contributed by atoms with Crippen LogP contribution >= 0.6 is 0 Å². The molecule has 0 heterocycles. The molecule has 2 rings (SSSR count). The minimum absolute atomic E-state index is 0.0521. The van der Waals surface area contributed by atoms with Crippen LogP contribution in [0.3, 0.4) is 0 Å². The summed E-state index contributed by atoms with van der Waals surface area (Å²) >= 11 is 0. The highest BCUT2D eigenvalue weighted by atomic mass is 32.2. The molecule has 0 aliphatic carbocycles. The van der Waals surface area contributed by atoms with E-state index in [1.54, 1.807) is 43.3 Å². The van der Waals surface area contributed by atoms with E-state index in [0.717, 1.165) is 5.56 Å². The van der Waals surface area contributed by atoms with Crippen molar-refractivity contribution in [2.75, 3.05) is 12.3 Å². The van der Waals surface area contributed by atoms with Crippen LogP contribution in [-0.2, 0) is 27.2 Å². The van der Waals surface area contributed by atoms with E-state index >= 15 is 0 Å². The maximum atomic E-state index is 12.3. The zero-order valence-corrected chi connectivity index (χ0v) is 15.4. The van der Waals surface area contributed by atoms with E-state index in [-0.39, 0.29) is 10.8 Å². The lowest BCUT2D eigenvalue weighted by atomic mass is 10.1. The van der Waals surface area contributed by atoms with E-state index in [0.29, 0.717) is 29.2 Å². The van der Waals surface area contributed by atoms with Gasteiger partial charge in [0.05, 0.1) is 26.2 Å². The molecule has 2 aromatic carbocycles. The quantitative estimate of drug-likeness (QED) is 0.758. The van der Waals surface area contributed by atoms with Gasteiger partial charge in [-0.1, -0.05) is 31.2 Å². The Hall–Kier alpha value is -2.03. The van der Waals surface area contributed by atoms with Crippen molar-refractivity contribution in [3.63, 3.8) is 0 Å². The van der Waals surface area contributed by atoms with E-state index in [4.69, 9.17) is 5.14 Å². The Morgan fingerprint density at radius 3 is 2.36 bits per heavy atom. The summed E-state index contributed by atoms with van der Waals surface area (Å²) in [6.45, 7) is 2.18. The van der Waals surface area contributed by atoms with Gasteiger partial charge in [0.1, 0.15) is 0 Å². The fourth-order valence-corrected chi connectivity index (χ4v) is 3.73. The fourth-order valence-electron chi connectivity index (χ4n) is 2.27. The van der Waals surface area contributed by atoms with Crippen LogP contribution in [0.5, 0.6) is 0 Å². The molecular weight excluding hydrogens is 360 g/mol. The molecule has 0 radical (unpaired) electrons. The number of carbonyl (C=O) groups excluding carboxylic acids is 1. The Kier molecular flexibility index (Phi) is 6.46. The lowest BCUT2D eigenvalue weighted by Gasteiger charge is -2.09. The standard InChI is InChI=1S/C17H20N2O4S2/c1-2-24(21)16-6-4-3-5-15(16)17(20)19-12-11-13-7-9-14(10-8-13)25(18,22)23/h3-10H,2,11-12H2,1H3,(H,19,20)(H2,18,22,23)/t24-/m1/s1. The Morgan fingerprint density at radius 1 is 1.12 bits per heavy atom. The summed E-state index contributed by atoms with van der Waals surface area (Å²) < 4.78 is 34.4. The maximum Gasteiger partial charge on any atom is 0.252 e. The summed E-state index contributed by atoms with van der Waals surface area (Å²) in [5, 5.41) is 7.85. The third-order valence-corrected chi connectivity index (χ3v) is 5.89. The van der Waals surface area contributed by atoms with Crippen molar-refractivity contribution in [2.45, 2.75) is 23.1 Å². The second-order valence-electron chi connectivity index (χ2n) is 5.33. The number of primary sulfonamides is 1. The number of amides is 1. The Balaban J connectivity index is 1.98. The van der Waals surface area contributed by atoms with Crippen molar-refractivity contribution in [3.8, 4) is 0 Å².